The van der Waals surface area contributed by atoms with Crippen LogP contribution in [0.4, 0.5) is 17.1 Å². The number of fused-ring (bicyclic) bond motifs is 3. The van der Waals surface area contributed by atoms with Crippen LogP contribution in [-0.2, 0) is 0 Å². The molecule has 0 N–H and O–H groups in total. The van der Waals surface area contributed by atoms with Gasteiger partial charge in [-0.25, -0.2) is 0 Å². The van der Waals surface area contributed by atoms with Gasteiger partial charge in [-0.3, -0.25) is 9.97 Å². The third-order valence-corrected chi connectivity index (χ3v) is 6.47. The van der Waals surface area contributed by atoms with Gasteiger partial charge in [0.05, 0.1) is 29.5 Å². The molecular formula is C32H23N3. The van der Waals surface area contributed by atoms with E-state index in [1.165, 1.54) is 22.3 Å². The van der Waals surface area contributed by atoms with Crippen LogP contribution in [0.25, 0.3) is 34.0 Å². The molecule has 3 aromatic carbocycles. The van der Waals surface area contributed by atoms with Crippen molar-refractivity contribution in [1.82, 2.24) is 9.97 Å². The van der Waals surface area contributed by atoms with Gasteiger partial charge in [-0.05, 0) is 75.9 Å². The molecule has 0 atom stereocenters. The van der Waals surface area contributed by atoms with Crippen molar-refractivity contribution in [2.75, 3.05) is 4.90 Å². The summed E-state index contributed by atoms with van der Waals surface area (Å²) in [5.74, 6) is 0. The molecule has 0 fully saturated rings. The maximum absolute atomic E-state index is 4.85. The third kappa shape index (κ3) is 3.54. The van der Waals surface area contributed by atoms with Gasteiger partial charge >= 0.3 is 0 Å². The quantitative estimate of drug-likeness (QED) is 0.265. The molecule has 0 aliphatic heterocycles. The van der Waals surface area contributed by atoms with Crippen molar-refractivity contribution < 1.29 is 0 Å². The lowest BCUT2D eigenvalue weighted by molar-refractivity contribution is 1.20. The summed E-state index contributed by atoms with van der Waals surface area (Å²) in [6.45, 7) is 8.34. The molecule has 1 aliphatic rings. The number of rotatable bonds is 5. The van der Waals surface area contributed by atoms with Crippen LogP contribution in [0.15, 0.2) is 123 Å². The summed E-state index contributed by atoms with van der Waals surface area (Å²) in [4.78, 5) is 11.3. The van der Waals surface area contributed by atoms with E-state index in [1.807, 2.05) is 42.7 Å². The Bertz CT molecular complexity index is 1510. The first kappa shape index (κ1) is 20.8. The van der Waals surface area contributed by atoms with Crippen molar-refractivity contribution in [1.29, 1.82) is 0 Å². The van der Waals surface area contributed by atoms with Crippen LogP contribution in [0.2, 0.25) is 0 Å². The topological polar surface area (TPSA) is 29.0 Å². The van der Waals surface area contributed by atoms with Crippen molar-refractivity contribution >= 4 is 28.7 Å². The standard InChI is InChI=1S/C32H23N3/c1-3-23-9-7-13-29-30-19-24(14-16-28(30)22(2)32(23)29)31-17-15-27(21-34-31)35(25-10-5-4-6-11-25)26-12-8-18-33-20-26/h3-21H,1-2H2. The minimum atomic E-state index is 0.926. The molecule has 1 aliphatic carbocycles. The second-order valence-electron chi connectivity index (χ2n) is 8.50. The van der Waals surface area contributed by atoms with Crippen molar-refractivity contribution in [2.45, 2.75) is 0 Å². The van der Waals surface area contributed by atoms with Gasteiger partial charge in [0, 0.05) is 17.4 Å². The molecule has 0 unspecified atom stereocenters. The molecule has 2 heterocycles. The fourth-order valence-corrected chi connectivity index (χ4v) is 4.83. The molecule has 6 rings (SSSR count). The van der Waals surface area contributed by atoms with Gasteiger partial charge in [-0.2, -0.15) is 0 Å². The lowest BCUT2D eigenvalue weighted by atomic mass is 9.99. The number of nitrogens with zero attached hydrogens (tertiary/aromatic N) is 3. The fourth-order valence-electron chi connectivity index (χ4n) is 4.83. The normalized spacial score (nSPS) is 11.6. The van der Waals surface area contributed by atoms with Gasteiger partial charge in [0.15, 0.2) is 0 Å². The first-order valence-corrected chi connectivity index (χ1v) is 11.6. The maximum atomic E-state index is 4.85. The Hall–Kier alpha value is -4.76. The Kier molecular flexibility index (Phi) is 5.08. The Morgan fingerprint density at radius 3 is 2.26 bits per heavy atom. The van der Waals surface area contributed by atoms with E-state index in [-0.39, 0.29) is 0 Å². The largest absolute Gasteiger partial charge is 0.307 e. The molecule has 0 bridgehead atoms. The molecule has 0 saturated heterocycles. The summed E-state index contributed by atoms with van der Waals surface area (Å²) in [5, 5.41) is 0. The number of hydrogen-bond donors (Lipinski definition) is 0. The molecule has 0 amide bonds. The van der Waals surface area contributed by atoms with Crippen LogP contribution in [0.1, 0.15) is 16.7 Å². The summed E-state index contributed by atoms with van der Waals surface area (Å²) in [6.07, 6.45) is 7.47. The highest BCUT2D eigenvalue weighted by molar-refractivity contribution is 6.03. The van der Waals surface area contributed by atoms with Crippen LogP contribution < -0.4 is 4.90 Å². The zero-order chi connectivity index (χ0) is 23.8. The third-order valence-electron chi connectivity index (χ3n) is 6.47. The molecule has 3 nitrogen and oxygen atoms in total. The van der Waals surface area contributed by atoms with Crippen LogP contribution in [0, 0.1) is 0 Å². The van der Waals surface area contributed by atoms with E-state index in [0.29, 0.717) is 0 Å². The second kappa shape index (κ2) is 8.54. The fraction of sp³-hybridized carbons (Fsp3) is 0. The summed E-state index contributed by atoms with van der Waals surface area (Å²) < 4.78 is 0. The molecule has 0 radical (unpaired) electrons. The van der Waals surface area contributed by atoms with Crippen LogP contribution in [0.5, 0.6) is 0 Å². The first-order chi connectivity index (χ1) is 17.2. The molecule has 0 spiro atoms. The van der Waals surface area contributed by atoms with E-state index in [2.05, 4.69) is 89.8 Å². The van der Waals surface area contributed by atoms with Crippen molar-refractivity contribution in [3.8, 4) is 22.4 Å². The van der Waals surface area contributed by atoms with E-state index < -0.39 is 0 Å². The predicted molar refractivity (Wildman–Crippen MR) is 146 cm³/mol. The van der Waals surface area contributed by atoms with Crippen LogP contribution in [-0.4, -0.2) is 9.97 Å². The highest BCUT2D eigenvalue weighted by Gasteiger charge is 2.24. The Balaban J connectivity index is 1.40. The molecule has 2 aromatic heterocycles. The van der Waals surface area contributed by atoms with Crippen molar-refractivity contribution in [3.63, 3.8) is 0 Å². The summed E-state index contributed by atoms with van der Waals surface area (Å²) in [6, 6.07) is 31.3. The molecule has 0 saturated carbocycles. The van der Waals surface area contributed by atoms with Gasteiger partial charge in [0.25, 0.3) is 0 Å². The van der Waals surface area contributed by atoms with E-state index in [1.54, 1.807) is 6.20 Å². The molecule has 35 heavy (non-hydrogen) atoms. The van der Waals surface area contributed by atoms with Crippen molar-refractivity contribution in [3.05, 3.63) is 139 Å². The monoisotopic (exact) mass is 449 g/mol. The maximum Gasteiger partial charge on any atom is 0.0703 e. The SMILES string of the molecule is C=Cc1cccc2c1C(=C)c1ccc(-c3ccc(N(c4ccccc4)c4cccnc4)cn3)cc1-2. The second-order valence-corrected chi connectivity index (χ2v) is 8.50. The lowest BCUT2D eigenvalue weighted by Crippen LogP contribution is -2.10. The van der Waals surface area contributed by atoms with Gasteiger partial charge in [0.2, 0.25) is 0 Å². The number of benzene rings is 3. The number of para-hydroxylation sites is 1. The van der Waals surface area contributed by atoms with E-state index in [0.717, 1.165) is 39.5 Å². The summed E-state index contributed by atoms with van der Waals surface area (Å²) in [5.41, 5.74) is 11.9. The zero-order valence-electron chi connectivity index (χ0n) is 19.2. The number of pyridine rings is 2. The molecule has 3 heteroatoms. The summed E-state index contributed by atoms with van der Waals surface area (Å²) >= 11 is 0. The average molecular weight is 450 g/mol. The zero-order valence-corrected chi connectivity index (χ0v) is 19.2. The van der Waals surface area contributed by atoms with Crippen molar-refractivity contribution in [2.24, 2.45) is 0 Å². The number of aromatic nitrogens is 2. The van der Waals surface area contributed by atoms with E-state index in [4.69, 9.17) is 4.98 Å². The lowest BCUT2D eigenvalue weighted by Gasteiger charge is -2.24. The molecular weight excluding hydrogens is 426 g/mol. The van der Waals surface area contributed by atoms with Gasteiger partial charge < -0.3 is 4.90 Å². The minimum Gasteiger partial charge on any atom is -0.307 e. The highest BCUT2D eigenvalue weighted by atomic mass is 15.2. The predicted octanol–water partition coefficient (Wildman–Crippen LogP) is 8.30. The van der Waals surface area contributed by atoms with Gasteiger partial charge in [0.1, 0.15) is 0 Å². The smallest absolute Gasteiger partial charge is 0.0703 e. The first-order valence-electron chi connectivity index (χ1n) is 11.6. The van der Waals surface area contributed by atoms with Gasteiger partial charge in [-0.15, -0.1) is 0 Å². The number of hydrogen-bond acceptors (Lipinski definition) is 3. The average Bonchev–Trinajstić information content (AvgIpc) is 3.22. The number of anilines is 3. The Labute approximate surface area is 205 Å². The van der Waals surface area contributed by atoms with E-state index in [9.17, 15) is 0 Å². The minimum absolute atomic E-state index is 0.926. The Morgan fingerprint density at radius 2 is 1.51 bits per heavy atom. The molecule has 5 aromatic rings. The van der Waals surface area contributed by atoms with Crippen LogP contribution in [0.3, 0.4) is 0 Å². The summed E-state index contributed by atoms with van der Waals surface area (Å²) in [7, 11) is 0. The van der Waals surface area contributed by atoms with E-state index >= 15 is 0 Å². The highest BCUT2D eigenvalue weighted by Crippen LogP contribution is 2.46. The molecule has 166 valence electrons. The Morgan fingerprint density at radius 1 is 0.686 bits per heavy atom. The van der Waals surface area contributed by atoms with Crippen LogP contribution >= 0.6 is 0 Å². The van der Waals surface area contributed by atoms with Gasteiger partial charge in [-0.1, -0.05) is 67.8 Å².